The molecule has 2 saturated heterocycles. The van der Waals surface area contributed by atoms with Crippen molar-refractivity contribution >= 4 is 11.6 Å². The Morgan fingerprint density at radius 1 is 1.09 bits per heavy atom. The van der Waals surface area contributed by atoms with E-state index in [2.05, 4.69) is 16.8 Å². The lowest BCUT2D eigenvalue weighted by Gasteiger charge is -2.39. The number of hydrogen-bond donors (Lipinski definition) is 0. The lowest BCUT2D eigenvalue weighted by atomic mass is 9.96. The monoisotopic (exact) mass is 305 g/mol. The predicted octanol–water partition coefficient (Wildman–Crippen LogP) is 1.82. The first-order valence-corrected chi connectivity index (χ1v) is 8.11. The normalized spacial score (nSPS) is 23.6. The first kappa shape index (κ1) is 15.3. The van der Waals surface area contributed by atoms with Crippen LogP contribution in [0, 0.1) is 11.7 Å². The van der Waals surface area contributed by atoms with Crippen molar-refractivity contribution in [2.45, 2.75) is 12.8 Å². The molecule has 1 atom stereocenters. The van der Waals surface area contributed by atoms with E-state index in [1.165, 1.54) is 12.1 Å². The van der Waals surface area contributed by atoms with Gasteiger partial charge in [-0.1, -0.05) is 0 Å². The number of hydrogen-bond acceptors (Lipinski definition) is 3. The molecule has 0 bridgehead atoms. The van der Waals surface area contributed by atoms with Gasteiger partial charge in [0.05, 0.1) is 5.92 Å². The zero-order valence-corrected chi connectivity index (χ0v) is 13.2. The third-order valence-electron chi connectivity index (χ3n) is 4.76. The van der Waals surface area contributed by atoms with Crippen molar-refractivity contribution in [1.82, 2.24) is 9.80 Å². The van der Waals surface area contributed by atoms with E-state index in [-0.39, 0.29) is 11.7 Å². The molecule has 2 aliphatic heterocycles. The van der Waals surface area contributed by atoms with Crippen molar-refractivity contribution < 1.29 is 9.18 Å². The molecule has 2 fully saturated rings. The van der Waals surface area contributed by atoms with Crippen molar-refractivity contribution in [3.63, 3.8) is 0 Å². The fourth-order valence-electron chi connectivity index (χ4n) is 3.46. The highest BCUT2D eigenvalue weighted by atomic mass is 19.1. The first-order chi connectivity index (χ1) is 10.6. The lowest BCUT2D eigenvalue weighted by Crippen LogP contribution is -2.52. The van der Waals surface area contributed by atoms with Gasteiger partial charge >= 0.3 is 0 Å². The molecule has 0 N–H and O–H groups in total. The molecule has 3 rings (SSSR count). The molecule has 0 saturated carbocycles. The summed E-state index contributed by atoms with van der Waals surface area (Å²) in [5.74, 6) is 0.264. The number of benzene rings is 1. The Bertz CT molecular complexity index is 511. The average Bonchev–Trinajstić information content (AvgIpc) is 2.55. The van der Waals surface area contributed by atoms with Gasteiger partial charge in [-0.3, -0.25) is 4.79 Å². The minimum atomic E-state index is -0.209. The average molecular weight is 305 g/mol. The zero-order chi connectivity index (χ0) is 15.5. The van der Waals surface area contributed by atoms with Crippen LogP contribution in [0.1, 0.15) is 12.8 Å². The fraction of sp³-hybridized carbons (Fsp3) is 0.588. The van der Waals surface area contributed by atoms with Crippen LogP contribution < -0.4 is 4.90 Å². The minimum Gasteiger partial charge on any atom is -0.368 e. The standard InChI is InChI=1S/C17H24FN3O/c1-19-8-2-3-14(13-19)17(22)21-11-9-20(10-12-21)16-6-4-15(18)5-7-16/h4-7,14H,2-3,8-13H2,1H3. The number of piperazine rings is 1. The molecule has 22 heavy (non-hydrogen) atoms. The molecule has 0 aromatic heterocycles. The van der Waals surface area contributed by atoms with E-state index < -0.39 is 0 Å². The fourth-order valence-corrected chi connectivity index (χ4v) is 3.46. The maximum atomic E-state index is 13.0. The Labute approximate surface area is 131 Å². The van der Waals surface area contributed by atoms with E-state index in [4.69, 9.17) is 0 Å². The Morgan fingerprint density at radius 3 is 2.41 bits per heavy atom. The van der Waals surface area contributed by atoms with Gasteiger partial charge < -0.3 is 14.7 Å². The molecule has 120 valence electrons. The Balaban J connectivity index is 1.55. The van der Waals surface area contributed by atoms with Crippen molar-refractivity contribution in [2.24, 2.45) is 5.92 Å². The second-order valence-corrected chi connectivity index (χ2v) is 6.39. The highest BCUT2D eigenvalue weighted by Crippen LogP contribution is 2.21. The van der Waals surface area contributed by atoms with Gasteiger partial charge in [-0.15, -0.1) is 0 Å². The van der Waals surface area contributed by atoms with Crippen LogP contribution in [0.25, 0.3) is 0 Å². The number of piperidine rings is 1. The largest absolute Gasteiger partial charge is 0.368 e. The number of nitrogens with zero attached hydrogens (tertiary/aromatic N) is 3. The first-order valence-electron chi connectivity index (χ1n) is 8.11. The molecule has 2 aliphatic rings. The van der Waals surface area contributed by atoms with Gasteiger partial charge in [-0.2, -0.15) is 0 Å². The van der Waals surface area contributed by atoms with Crippen molar-refractivity contribution in [1.29, 1.82) is 0 Å². The Kier molecular flexibility index (Phi) is 4.62. The Morgan fingerprint density at radius 2 is 1.77 bits per heavy atom. The van der Waals surface area contributed by atoms with Crippen LogP contribution in [0.5, 0.6) is 0 Å². The third kappa shape index (κ3) is 3.40. The van der Waals surface area contributed by atoms with Crippen LogP contribution in [0.3, 0.4) is 0 Å². The second kappa shape index (κ2) is 6.65. The minimum absolute atomic E-state index is 0.163. The molecule has 1 amide bonds. The summed E-state index contributed by atoms with van der Waals surface area (Å²) in [5, 5.41) is 0. The molecular weight excluding hydrogens is 281 g/mol. The summed E-state index contributed by atoms with van der Waals surface area (Å²) in [4.78, 5) is 19.1. The van der Waals surface area contributed by atoms with Crippen LogP contribution in [0.4, 0.5) is 10.1 Å². The smallest absolute Gasteiger partial charge is 0.227 e. The quantitative estimate of drug-likeness (QED) is 0.834. The van der Waals surface area contributed by atoms with Crippen molar-refractivity contribution in [2.75, 3.05) is 51.2 Å². The number of carbonyl (C=O) groups excluding carboxylic acids is 1. The molecule has 0 aliphatic carbocycles. The van der Waals surface area contributed by atoms with Crippen molar-refractivity contribution in [3.05, 3.63) is 30.1 Å². The van der Waals surface area contributed by atoms with Gasteiger partial charge in [0.1, 0.15) is 5.82 Å². The van der Waals surface area contributed by atoms with Gasteiger partial charge in [0.25, 0.3) is 0 Å². The number of likely N-dealkylation sites (tertiary alicyclic amines) is 1. The molecule has 4 nitrogen and oxygen atoms in total. The summed E-state index contributed by atoms with van der Waals surface area (Å²) in [7, 11) is 2.09. The van der Waals surface area contributed by atoms with Crippen molar-refractivity contribution in [3.8, 4) is 0 Å². The van der Waals surface area contributed by atoms with E-state index in [9.17, 15) is 9.18 Å². The summed E-state index contributed by atoms with van der Waals surface area (Å²) in [6.07, 6.45) is 2.13. The van der Waals surface area contributed by atoms with Gasteiger partial charge in [0.2, 0.25) is 5.91 Å². The molecule has 2 heterocycles. The van der Waals surface area contributed by atoms with E-state index in [1.807, 2.05) is 17.0 Å². The number of rotatable bonds is 2. The molecule has 0 radical (unpaired) electrons. The van der Waals surface area contributed by atoms with Gasteiger partial charge in [0, 0.05) is 38.4 Å². The van der Waals surface area contributed by atoms with E-state index in [0.29, 0.717) is 5.91 Å². The van der Waals surface area contributed by atoms with E-state index >= 15 is 0 Å². The molecule has 5 heteroatoms. The molecule has 1 aromatic rings. The van der Waals surface area contributed by atoms with Crippen LogP contribution in [-0.2, 0) is 4.79 Å². The van der Waals surface area contributed by atoms with Crippen LogP contribution in [0.15, 0.2) is 24.3 Å². The SMILES string of the molecule is CN1CCCC(C(=O)N2CCN(c3ccc(F)cc3)CC2)C1. The van der Waals surface area contributed by atoms with Gasteiger partial charge in [-0.05, 0) is 50.7 Å². The van der Waals surface area contributed by atoms with E-state index in [0.717, 1.165) is 57.8 Å². The third-order valence-corrected chi connectivity index (χ3v) is 4.76. The summed E-state index contributed by atoms with van der Waals surface area (Å²) in [5.41, 5.74) is 1.03. The van der Waals surface area contributed by atoms with Crippen LogP contribution >= 0.6 is 0 Å². The second-order valence-electron chi connectivity index (χ2n) is 6.39. The Hall–Kier alpha value is -1.62. The van der Waals surface area contributed by atoms with E-state index in [1.54, 1.807) is 0 Å². The molecular formula is C17H24FN3O. The zero-order valence-electron chi connectivity index (χ0n) is 13.2. The number of carbonyl (C=O) groups is 1. The topological polar surface area (TPSA) is 26.8 Å². The summed E-state index contributed by atoms with van der Waals surface area (Å²) in [6, 6.07) is 6.60. The lowest BCUT2D eigenvalue weighted by molar-refractivity contribution is -0.137. The number of anilines is 1. The summed E-state index contributed by atoms with van der Waals surface area (Å²) >= 11 is 0. The molecule has 1 aromatic carbocycles. The van der Waals surface area contributed by atoms with Gasteiger partial charge in [-0.25, -0.2) is 4.39 Å². The molecule has 0 spiro atoms. The maximum absolute atomic E-state index is 13.0. The summed E-state index contributed by atoms with van der Waals surface area (Å²) in [6.45, 7) is 5.14. The predicted molar refractivity (Wildman–Crippen MR) is 85.4 cm³/mol. The summed E-state index contributed by atoms with van der Waals surface area (Å²) < 4.78 is 13.0. The molecule has 1 unspecified atom stereocenters. The van der Waals surface area contributed by atoms with Crippen LogP contribution in [-0.4, -0.2) is 62.0 Å². The number of halogens is 1. The van der Waals surface area contributed by atoms with Gasteiger partial charge in [0.15, 0.2) is 0 Å². The van der Waals surface area contributed by atoms with Crippen LogP contribution in [0.2, 0.25) is 0 Å². The number of amides is 1. The maximum Gasteiger partial charge on any atom is 0.227 e. The highest BCUT2D eigenvalue weighted by Gasteiger charge is 2.29. The highest BCUT2D eigenvalue weighted by molar-refractivity contribution is 5.79.